The van der Waals surface area contributed by atoms with Crippen LogP contribution in [0.5, 0.6) is 0 Å². The maximum absolute atomic E-state index is 4.78. The summed E-state index contributed by atoms with van der Waals surface area (Å²) < 4.78 is 0. The predicted octanol–water partition coefficient (Wildman–Crippen LogP) is 30.7. The molecule has 3 nitrogen and oxygen atoms in total. The summed E-state index contributed by atoms with van der Waals surface area (Å²) in [7, 11) is 4.64. The molecule has 85 heavy (non-hydrogen) atoms. The van der Waals surface area contributed by atoms with Gasteiger partial charge in [-0.25, -0.2) is 0 Å². The number of hydrogen-bond acceptors (Lipinski definition) is 0. The molecular formula is C80H167ClN2OTi. The zero-order valence-corrected chi connectivity index (χ0v) is 62.8. The van der Waals surface area contributed by atoms with Crippen molar-refractivity contribution in [3.8, 4) is 0 Å². The van der Waals surface area contributed by atoms with Gasteiger partial charge in [-0.05, 0) is 0 Å². The molecule has 0 heterocycles. The molecule has 0 bridgehead atoms. The normalized spacial score (nSPS) is 11.4. The van der Waals surface area contributed by atoms with Crippen LogP contribution in [0, 0.1) is 12.8 Å². The van der Waals surface area contributed by atoms with Gasteiger partial charge in [-0.2, -0.15) is 5.92 Å². The van der Waals surface area contributed by atoms with E-state index in [0.717, 1.165) is 26.2 Å². The summed E-state index contributed by atoms with van der Waals surface area (Å²) in [5.74, 6) is 0.704. The summed E-state index contributed by atoms with van der Waals surface area (Å²) in [6.45, 7) is 22.1. The van der Waals surface area contributed by atoms with E-state index < -0.39 is 0 Å². The van der Waals surface area contributed by atoms with Crippen molar-refractivity contribution in [1.82, 2.24) is 0 Å². The zero-order chi connectivity index (χ0) is 61.9. The zero-order valence-electron chi connectivity index (χ0n) is 60.5. The second-order valence-electron chi connectivity index (χ2n) is 27.0. The van der Waals surface area contributed by atoms with E-state index in [2.05, 4.69) is 57.8 Å². The summed E-state index contributed by atoms with van der Waals surface area (Å²) in [5, 5.41) is 9.56. The molecule has 0 aliphatic rings. The van der Waals surface area contributed by atoms with E-state index >= 15 is 0 Å². The van der Waals surface area contributed by atoms with E-state index in [0.29, 0.717) is 5.92 Å². The molecule has 0 rings (SSSR count). The molecule has 0 aromatic heterocycles. The van der Waals surface area contributed by atoms with Crippen molar-refractivity contribution in [3.05, 3.63) is 17.6 Å². The molecule has 0 aromatic rings. The Morgan fingerprint density at radius 3 is 0.447 bits per heavy atom. The minimum absolute atomic E-state index is 0. The molecule has 1 unspecified atom stereocenters. The fourth-order valence-corrected chi connectivity index (χ4v) is 12.0. The van der Waals surface area contributed by atoms with Crippen LogP contribution in [0.3, 0.4) is 0 Å². The Balaban J connectivity index is -0.000000427. The topological polar surface area (TPSA) is 59.7 Å². The fourth-order valence-electron chi connectivity index (χ4n) is 12.0. The van der Waals surface area contributed by atoms with Crippen LogP contribution in [0.2, 0.25) is 0 Å². The van der Waals surface area contributed by atoms with Gasteiger partial charge in [0.15, 0.2) is 0 Å². The van der Waals surface area contributed by atoms with Gasteiger partial charge in [0.25, 0.3) is 0 Å². The average Bonchev–Trinajstić information content (AvgIpc) is 3.51. The van der Waals surface area contributed by atoms with Crippen LogP contribution >= 0.6 is 9.30 Å². The number of hydrogen-bond donors (Lipinski definition) is 0. The molecule has 2 N–H and O–H groups in total. The van der Waals surface area contributed by atoms with E-state index in [1.807, 2.05) is 0 Å². The third kappa shape index (κ3) is 104. The van der Waals surface area contributed by atoms with Crippen molar-refractivity contribution in [3.63, 3.8) is 0 Å². The Hall–Kier alpha value is 0.884. The van der Waals surface area contributed by atoms with E-state index in [1.54, 1.807) is 0 Å². The molecule has 1 atom stereocenters. The third-order valence-corrected chi connectivity index (χ3v) is 18.2. The first-order valence-corrected chi connectivity index (χ1v) is 42.1. The number of nitrogens with zero attached hydrogens (tertiary/aromatic N) is 2. The minimum atomic E-state index is 0. The van der Waals surface area contributed by atoms with Gasteiger partial charge in [-0.1, -0.05) is 478 Å². The molecule has 0 radical (unpaired) electrons. The maximum atomic E-state index is 4.78. The van der Waals surface area contributed by atoms with Crippen LogP contribution in [-0.4, -0.2) is 31.7 Å². The first kappa shape index (κ1) is 94.6. The quantitative estimate of drug-likeness (QED) is 0.0331. The summed E-state index contributed by atoms with van der Waals surface area (Å²) in [6.07, 6.45) is 97.9. The number of rotatable bonds is 72. The molecule has 0 saturated carbocycles. The number of halogens is 1. The summed E-state index contributed by atoms with van der Waals surface area (Å²) in [4.78, 5) is 0. The summed E-state index contributed by atoms with van der Waals surface area (Å²) in [6, 6.07) is 0. The molecule has 514 valence electrons. The fraction of sp³-hybridized carbons (Fsp3) is 0.988. The molecule has 0 saturated heterocycles. The molecule has 5 heteroatoms. The van der Waals surface area contributed by atoms with Gasteiger partial charge in [0.05, 0.1) is 0 Å². The van der Waals surface area contributed by atoms with E-state index in [4.69, 9.17) is 10.6 Å². The van der Waals surface area contributed by atoms with Crippen LogP contribution in [0.4, 0.5) is 0 Å². The van der Waals surface area contributed by atoms with Crippen LogP contribution in [-0.2, 0) is 19.4 Å². The van der Waals surface area contributed by atoms with Crippen molar-refractivity contribution >= 4 is 9.30 Å². The molecule has 0 fully saturated rings. The van der Waals surface area contributed by atoms with Crippen molar-refractivity contribution in [1.29, 1.82) is 0 Å². The van der Waals surface area contributed by atoms with Gasteiger partial charge < -0.3 is 23.0 Å². The Morgan fingerprint density at radius 2 is 0.329 bits per heavy atom. The Bertz CT molecular complexity index is 864. The van der Waals surface area contributed by atoms with Crippen LogP contribution < -0.4 is 0 Å². The monoisotopic (exact) mass is 1260 g/mol. The first-order valence-electron chi connectivity index (χ1n) is 39.9. The van der Waals surface area contributed by atoms with Crippen molar-refractivity contribution < 1.29 is 24.9 Å². The third-order valence-electron chi connectivity index (χ3n) is 18.2. The Kier molecular flexibility index (Phi) is 110. The second-order valence-corrected chi connectivity index (χ2v) is 27.0. The standard InChI is InChI=1S/2C36H74N.C8H17.ClH.H2O.Ti/c2*1-3-5-7-9-11-13-15-17-19-21-23-25-27-29-31-33-35-37-36-34-32-30-28-26-24-22-20-18-16-14-12-10-8-6-4-2;1-4-6-7-8(3)5-2;;;/h2*3-36H2,1-2H3;8H,3-7H2,1-2H3;1H;1H2;/q3*-1;;;+4/p-1. The molecule has 0 aliphatic carbocycles. The Morgan fingerprint density at radius 1 is 0.212 bits per heavy atom. The van der Waals surface area contributed by atoms with Gasteiger partial charge in [-0.15, -0.1) is 26.2 Å². The van der Waals surface area contributed by atoms with Gasteiger partial charge >= 0.3 is 28.7 Å². The summed E-state index contributed by atoms with van der Waals surface area (Å²) in [5.41, 5.74) is 0. The van der Waals surface area contributed by atoms with Crippen LogP contribution in [0.25, 0.3) is 10.6 Å². The predicted molar refractivity (Wildman–Crippen MR) is 392 cm³/mol. The van der Waals surface area contributed by atoms with Crippen LogP contribution in [0.1, 0.15) is 478 Å². The molecule has 0 amide bonds. The average molecular weight is 1260 g/mol. The Labute approximate surface area is 558 Å². The summed E-state index contributed by atoms with van der Waals surface area (Å²) >= 11 is 1.47. The van der Waals surface area contributed by atoms with Gasteiger partial charge in [-0.3, -0.25) is 0 Å². The van der Waals surface area contributed by atoms with Gasteiger partial charge in [0, 0.05) is 0 Å². The van der Waals surface area contributed by atoms with E-state index in [-0.39, 0.29) is 5.48 Å². The van der Waals surface area contributed by atoms with Gasteiger partial charge in [0.2, 0.25) is 0 Å². The molecule has 0 aromatic carbocycles. The number of unbranched alkanes of at least 4 members (excludes halogenated alkanes) is 61. The van der Waals surface area contributed by atoms with Gasteiger partial charge in [0.1, 0.15) is 0 Å². The second kappa shape index (κ2) is 98.5. The van der Waals surface area contributed by atoms with E-state index in [9.17, 15) is 0 Å². The molecule has 0 spiro atoms. The molecule has 0 aliphatic heterocycles. The van der Waals surface area contributed by atoms with Crippen molar-refractivity contribution in [2.75, 3.05) is 26.2 Å². The van der Waals surface area contributed by atoms with E-state index in [1.165, 1.54) is 456 Å². The van der Waals surface area contributed by atoms with Crippen LogP contribution in [0.15, 0.2) is 0 Å². The van der Waals surface area contributed by atoms with Crippen molar-refractivity contribution in [2.45, 2.75) is 478 Å². The van der Waals surface area contributed by atoms with Crippen molar-refractivity contribution in [2.24, 2.45) is 5.92 Å². The molecular weight excluding hydrogens is 1090 g/mol. The first-order chi connectivity index (χ1) is 41.6. The SMILES string of the molecule is CCCCCCCCCCCCCCCCCC[N-]CCCCCCCCCCCCCCCCCC.CCCCCCCCCCCCCCCCCC[N-]CCCCCCCCCCCCCCCCCC.O.[CH2-]C(CC)CCCC.[Cl][Ti+3].